The van der Waals surface area contributed by atoms with Gasteiger partial charge in [-0.05, 0) is 19.1 Å². The zero-order valence-electron chi connectivity index (χ0n) is 8.59. The molecule has 1 aromatic heterocycles. The lowest BCUT2D eigenvalue weighted by atomic mass is 10.3. The van der Waals surface area contributed by atoms with Gasteiger partial charge in [-0.25, -0.2) is 0 Å². The van der Waals surface area contributed by atoms with Gasteiger partial charge in [-0.15, -0.1) is 10.2 Å². The van der Waals surface area contributed by atoms with Crippen LogP contribution in [0, 0.1) is 6.92 Å². The maximum Gasteiger partial charge on any atom is 0.139 e. The highest BCUT2D eigenvalue weighted by Crippen LogP contribution is 2.12. The summed E-state index contributed by atoms with van der Waals surface area (Å²) in [5, 5.41) is 17.0. The lowest BCUT2D eigenvalue weighted by Gasteiger charge is -2.07. The number of rotatable bonds is 3. The third kappa shape index (κ3) is 1.89. The molecule has 0 aliphatic heterocycles. The Kier molecular flexibility index (Phi) is 2.78. The van der Waals surface area contributed by atoms with Gasteiger partial charge in [0.15, 0.2) is 0 Å². The van der Waals surface area contributed by atoms with Crippen LogP contribution in [0.1, 0.15) is 11.6 Å². The van der Waals surface area contributed by atoms with Crippen molar-refractivity contribution in [3.8, 4) is 5.69 Å². The molecule has 0 fully saturated rings. The highest BCUT2D eigenvalue weighted by atomic mass is 16.3. The number of hydrogen-bond donors (Lipinski definition) is 1. The highest BCUT2D eigenvalue weighted by Gasteiger charge is 2.09. The smallest absolute Gasteiger partial charge is 0.139 e. The number of para-hydroxylation sites is 1. The lowest BCUT2D eigenvalue weighted by Crippen LogP contribution is -2.04. The first kappa shape index (κ1) is 9.86. The number of aromatic nitrogens is 3. The van der Waals surface area contributed by atoms with E-state index in [9.17, 15) is 0 Å². The van der Waals surface area contributed by atoms with Crippen LogP contribution in [-0.2, 0) is 6.42 Å². The Labute approximate surface area is 88.2 Å². The van der Waals surface area contributed by atoms with Crippen molar-refractivity contribution in [2.45, 2.75) is 13.3 Å². The number of aliphatic hydroxyl groups is 1. The molecule has 0 amide bonds. The van der Waals surface area contributed by atoms with E-state index in [-0.39, 0.29) is 6.61 Å². The normalized spacial score (nSPS) is 10.5. The van der Waals surface area contributed by atoms with Gasteiger partial charge in [0.05, 0.1) is 6.61 Å². The SMILES string of the molecule is Cc1nnc(CCO)n1-c1ccccc1. The van der Waals surface area contributed by atoms with Crippen LogP contribution >= 0.6 is 0 Å². The first-order valence-electron chi connectivity index (χ1n) is 4.90. The van der Waals surface area contributed by atoms with Crippen LogP contribution in [0.4, 0.5) is 0 Å². The third-order valence-corrected chi connectivity index (χ3v) is 2.24. The molecule has 78 valence electrons. The fourth-order valence-corrected chi connectivity index (χ4v) is 1.58. The molecule has 2 rings (SSSR count). The van der Waals surface area contributed by atoms with E-state index in [0.29, 0.717) is 6.42 Å². The summed E-state index contributed by atoms with van der Waals surface area (Å²) < 4.78 is 1.95. The zero-order chi connectivity index (χ0) is 10.7. The van der Waals surface area contributed by atoms with Gasteiger partial charge in [-0.1, -0.05) is 18.2 Å². The second kappa shape index (κ2) is 4.23. The molecular weight excluding hydrogens is 190 g/mol. The fraction of sp³-hybridized carbons (Fsp3) is 0.273. The van der Waals surface area contributed by atoms with Crippen molar-refractivity contribution in [1.82, 2.24) is 14.8 Å². The highest BCUT2D eigenvalue weighted by molar-refractivity contribution is 5.33. The molecule has 0 unspecified atom stereocenters. The van der Waals surface area contributed by atoms with Gasteiger partial charge >= 0.3 is 0 Å². The average Bonchev–Trinajstić information content (AvgIpc) is 2.62. The van der Waals surface area contributed by atoms with Crippen molar-refractivity contribution in [2.75, 3.05) is 6.61 Å². The number of nitrogens with zero attached hydrogens (tertiary/aromatic N) is 3. The maximum atomic E-state index is 8.92. The zero-order valence-corrected chi connectivity index (χ0v) is 8.59. The van der Waals surface area contributed by atoms with Gasteiger partial charge in [0.2, 0.25) is 0 Å². The minimum Gasteiger partial charge on any atom is -0.396 e. The predicted molar refractivity (Wildman–Crippen MR) is 56.9 cm³/mol. The molecule has 0 saturated heterocycles. The maximum absolute atomic E-state index is 8.92. The Morgan fingerprint density at radius 1 is 1.20 bits per heavy atom. The van der Waals surface area contributed by atoms with Crippen LogP contribution in [0.2, 0.25) is 0 Å². The average molecular weight is 203 g/mol. The Bertz CT molecular complexity index is 436. The van der Waals surface area contributed by atoms with Gasteiger partial charge in [0.1, 0.15) is 11.6 Å². The minimum absolute atomic E-state index is 0.0883. The van der Waals surface area contributed by atoms with Crippen molar-refractivity contribution in [2.24, 2.45) is 0 Å². The Hall–Kier alpha value is -1.68. The summed E-state index contributed by atoms with van der Waals surface area (Å²) in [6.07, 6.45) is 0.524. The quantitative estimate of drug-likeness (QED) is 0.813. The van der Waals surface area contributed by atoms with E-state index in [1.54, 1.807) is 0 Å². The summed E-state index contributed by atoms with van der Waals surface area (Å²) in [6.45, 7) is 1.99. The molecule has 0 aliphatic rings. The van der Waals surface area contributed by atoms with Crippen molar-refractivity contribution in [3.63, 3.8) is 0 Å². The van der Waals surface area contributed by atoms with Crippen LogP contribution in [0.15, 0.2) is 30.3 Å². The lowest BCUT2D eigenvalue weighted by molar-refractivity contribution is 0.296. The summed E-state index contributed by atoms with van der Waals surface area (Å²) in [7, 11) is 0. The van der Waals surface area contributed by atoms with Gasteiger partial charge < -0.3 is 5.11 Å². The van der Waals surface area contributed by atoms with Crippen molar-refractivity contribution >= 4 is 0 Å². The van der Waals surface area contributed by atoms with Crippen molar-refractivity contribution in [3.05, 3.63) is 42.0 Å². The number of aryl methyl sites for hydroxylation is 1. The molecule has 15 heavy (non-hydrogen) atoms. The van der Waals surface area contributed by atoms with Gasteiger partial charge in [-0.3, -0.25) is 4.57 Å². The van der Waals surface area contributed by atoms with E-state index < -0.39 is 0 Å². The topological polar surface area (TPSA) is 50.9 Å². The number of benzene rings is 1. The van der Waals surface area contributed by atoms with Crippen LogP contribution in [0.25, 0.3) is 5.69 Å². The predicted octanol–water partition coefficient (Wildman–Crippen LogP) is 1.11. The molecule has 0 spiro atoms. The molecule has 0 bridgehead atoms. The molecule has 4 nitrogen and oxygen atoms in total. The van der Waals surface area contributed by atoms with Gasteiger partial charge in [0.25, 0.3) is 0 Å². The molecule has 1 N–H and O–H groups in total. The monoisotopic (exact) mass is 203 g/mol. The van der Waals surface area contributed by atoms with E-state index >= 15 is 0 Å². The fourth-order valence-electron chi connectivity index (χ4n) is 1.58. The first-order chi connectivity index (χ1) is 7.33. The van der Waals surface area contributed by atoms with Crippen LogP contribution in [0.3, 0.4) is 0 Å². The molecule has 2 aromatic rings. The number of aliphatic hydroxyl groups excluding tert-OH is 1. The Morgan fingerprint density at radius 2 is 1.93 bits per heavy atom. The Balaban J connectivity index is 2.47. The van der Waals surface area contributed by atoms with E-state index in [1.165, 1.54) is 0 Å². The molecule has 0 radical (unpaired) electrons. The largest absolute Gasteiger partial charge is 0.396 e. The van der Waals surface area contributed by atoms with E-state index in [0.717, 1.165) is 17.3 Å². The van der Waals surface area contributed by atoms with E-state index in [4.69, 9.17) is 5.11 Å². The van der Waals surface area contributed by atoms with E-state index in [2.05, 4.69) is 10.2 Å². The third-order valence-electron chi connectivity index (χ3n) is 2.24. The summed E-state index contributed by atoms with van der Waals surface area (Å²) in [4.78, 5) is 0. The van der Waals surface area contributed by atoms with Crippen molar-refractivity contribution in [1.29, 1.82) is 0 Å². The molecule has 0 aliphatic carbocycles. The molecule has 0 atom stereocenters. The second-order valence-electron chi connectivity index (χ2n) is 3.31. The van der Waals surface area contributed by atoms with E-state index in [1.807, 2.05) is 41.8 Å². The Morgan fingerprint density at radius 3 is 2.60 bits per heavy atom. The van der Waals surface area contributed by atoms with Crippen LogP contribution in [0.5, 0.6) is 0 Å². The molecular formula is C11H13N3O. The summed E-state index contributed by atoms with van der Waals surface area (Å²) in [5.74, 6) is 1.63. The molecule has 0 saturated carbocycles. The first-order valence-corrected chi connectivity index (χ1v) is 4.90. The summed E-state index contributed by atoms with van der Waals surface area (Å²) in [6, 6.07) is 9.90. The molecule has 4 heteroatoms. The number of hydrogen-bond acceptors (Lipinski definition) is 3. The second-order valence-corrected chi connectivity index (χ2v) is 3.31. The van der Waals surface area contributed by atoms with Crippen LogP contribution < -0.4 is 0 Å². The van der Waals surface area contributed by atoms with Gasteiger partial charge in [0, 0.05) is 12.1 Å². The standard InChI is InChI=1S/C11H13N3O/c1-9-12-13-11(7-8-15)14(9)10-5-3-2-4-6-10/h2-6,15H,7-8H2,1H3. The summed E-state index contributed by atoms with van der Waals surface area (Å²) >= 11 is 0. The molecule has 1 aromatic carbocycles. The molecule has 1 heterocycles. The van der Waals surface area contributed by atoms with Gasteiger partial charge in [-0.2, -0.15) is 0 Å². The van der Waals surface area contributed by atoms with Crippen molar-refractivity contribution < 1.29 is 5.11 Å². The minimum atomic E-state index is 0.0883. The van der Waals surface area contributed by atoms with Crippen LogP contribution in [-0.4, -0.2) is 26.5 Å². The summed E-state index contributed by atoms with van der Waals surface area (Å²) in [5.41, 5.74) is 1.03.